The molecule has 0 saturated heterocycles. The quantitative estimate of drug-likeness (QED) is 0.770. The Morgan fingerprint density at radius 3 is 2.69 bits per heavy atom. The molecule has 1 atom stereocenters. The number of methoxy groups -OCH3 is 1. The first-order valence-corrected chi connectivity index (χ1v) is 6.54. The molecular formula is C13H21NOS. The van der Waals surface area contributed by atoms with Crippen LogP contribution < -0.4 is 10.1 Å². The summed E-state index contributed by atoms with van der Waals surface area (Å²) in [6.45, 7) is 7.60. The van der Waals surface area contributed by atoms with Gasteiger partial charge >= 0.3 is 0 Å². The molecule has 1 aromatic carbocycles. The highest BCUT2D eigenvalue weighted by Crippen LogP contribution is 2.26. The highest BCUT2D eigenvalue weighted by Gasteiger charge is 2.05. The van der Waals surface area contributed by atoms with E-state index in [1.807, 2.05) is 23.9 Å². The molecule has 0 spiro atoms. The normalized spacial score (nSPS) is 12.8. The Balaban J connectivity index is 2.45. The Morgan fingerprint density at radius 1 is 1.31 bits per heavy atom. The van der Waals surface area contributed by atoms with Crippen molar-refractivity contribution in [2.45, 2.75) is 37.0 Å². The molecule has 3 heteroatoms. The first-order chi connectivity index (χ1) is 7.61. The lowest BCUT2D eigenvalue weighted by Gasteiger charge is -2.14. The Bertz CT molecular complexity index is 315. The van der Waals surface area contributed by atoms with Gasteiger partial charge in [0, 0.05) is 22.7 Å². The van der Waals surface area contributed by atoms with Crippen molar-refractivity contribution in [3.63, 3.8) is 0 Å². The molecule has 0 radical (unpaired) electrons. The SMILES string of the molecule is COc1cccc(SC(C)CNC(C)C)c1. The van der Waals surface area contributed by atoms with Crippen molar-refractivity contribution < 1.29 is 4.74 Å². The molecule has 0 fully saturated rings. The molecular weight excluding hydrogens is 218 g/mol. The highest BCUT2D eigenvalue weighted by molar-refractivity contribution is 8.00. The molecule has 0 aromatic heterocycles. The zero-order chi connectivity index (χ0) is 12.0. The topological polar surface area (TPSA) is 21.3 Å². The summed E-state index contributed by atoms with van der Waals surface area (Å²) < 4.78 is 5.21. The summed E-state index contributed by atoms with van der Waals surface area (Å²) in [7, 11) is 1.70. The second-order valence-corrected chi connectivity index (χ2v) is 5.68. The minimum Gasteiger partial charge on any atom is -0.497 e. The molecule has 0 saturated carbocycles. The van der Waals surface area contributed by atoms with Crippen LogP contribution in [0, 0.1) is 0 Å². The standard InChI is InChI=1S/C13H21NOS/c1-10(2)14-9-11(3)16-13-7-5-6-12(8-13)15-4/h5-8,10-11,14H,9H2,1-4H3. The van der Waals surface area contributed by atoms with Gasteiger partial charge < -0.3 is 10.1 Å². The fourth-order valence-electron chi connectivity index (χ4n) is 1.35. The zero-order valence-electron chi connectivity index (χ0n) is 10.5. The van der Waals surface area contributed by atoms with Gasteiger partial charge in [-0.3, -0.25) is 0 Å². The summed E-state index contributed by atoms with van der Waals surface area (Å²) >= 11 is 1.87. The molecule has 1 N–H and O–H groups in total. The van der Waals surface area contributed by atoms with Crippen molar-refractivity contribution in [1.82, 2.24) is 5.32 Å². The lowest BCUT2D eigenvalue weighted by atomic mass is 10.3. The van der Waals surface area contributed by atoms with Crippen molar-refractivity contribution in [1.29, 1.82) is 0 Å². The minimum atomic E-state index is 0.549. The van der Waals surface area contributed by atoms with E-state index in [1.165, 1.54) is 4.90 Å². The van der Waals surface area contributed by atoms with Crippen LogP contribution >= 0.6 is 11.8 Å². The summed E-state index contributed by atoms with van der Waals surface area (Å²) in [5, 5.41) is 4.01. The molecule has 90 valence electrons. The lowest BCUT2D eigenvalue weighted by molar-refractivity contribution is 0.413. The maximum absolute atomic E-state index is 5.21. The average molecular weight is 239 g/mol. The number of rotatable bonds is 6. The maximum atomic E-state index is 5.21. The molecule has 1 unspecified atom stereocenters. The van der Waals surface area contributed by atoms with E-state index in [-0.39, 0.29) is 0 Å². The van der Waals surface area contributed by atoms with Crippen molar-refractivity contribution in [3.8, 4) is 5.75 Å². The fraction of sp³-hybridized carbons (Fsp3) is 0.538. The largest absolute Gasteiger partial charge is 0.497 e. The first-order valence-electron chi connectivity index (χ1n) is 5.66. The number of ether oxygens (including phenoxy) is 1. The van der Waals surface area contributed by atoms with Crippen LogP contribution in [0.1, 0.15) is 20.8 Å². The van der Waals surface area contributed by atoms with E-state index in [1.54, 1.807) is 7.11 Å². The van der Waals surface area contributed by atoms with Crippen LogP contribution in [-0.4, -0.2) is 24.9 Å². The van der Waals surface area contributed by atoms with Gasteiger partial charge in [0.2, 0.25) is 0 Å². The number of thioether (sulfide) groups is 1. The van der Waals surface area contributed by atoms with Crippen molar-refractivity contribution >= 4 is 11.8 Å². The van der Waals surface area contributed by atoms with Crippen molar-refractivity contribution in [3.05, 3.63) is 24.3 Å². The van der Waals surface area contributed by atoms with Gasteiger partial charge in [-0.2, -0.15) is 0 Å². The first kappa shape index (κ1) is 13.4. The molecule has 0 amide bonds. The third kappa shape index (κ3) is 4.90. The zero-order valence-corrected chi connectivity index (χ0v) is 11.3. The Labute approximate surface area is 103 Å². The van der Waals surface area contributed by atoms with E-state index in [0.717, 1.165) is 12.3 Å². The van der Waals surface area contributed by atoms with E-state index >= 15 is 0 Å². The van der Waals surface area contributed by atoms with Gasteiger partial charge in [-0.25, -0.2) is 0 Å². The predicted octanol–water partition coefficient (Wildman–Crippen LogP) is 3.17. The summed E-state index contributed by atoms with van der Waals surface area (Å²) in [4.78, 5) is 1.26. The molecule has 0 aliphatic rings. The van der Waals surface area contributed by atoms with Gasteiger partial charge in [0.25, 0.3) is 0 Å². The molecule has 0 aliphatic heterocycles. The van der Waals surface area contributed by atoms with E-state index in [9.17, 15) is 0 Å². The van der Waals surface area contributed by atoms with Crippen LogP contribution in [0.25, 0.3) is 0 Å². The number of hydrogen-bond acceptors (Lipinski definition) is 3. The summed E-state index contributed by atoms with van der Waals surface area (Å²) in [5.74, 6) is 0.925. The predicted molar refractivity (Wildman–Crippen MR) is 71.5 cm³/mol. The van der Waals surface area contributed by atoms with Gasteiger partial charge in [0.1, 0.15) is 5.75 Å². The number of nitrogens with one attached hydrogen (secondary N) is 1. The van der Waals surface area contributed by atoms with Gasteiger partial charge in [-0.15, -0.1) is 11.8 Å². The molecule has 1 rings (SSSR count). The minimum absolute atomic E-state index is 0.549. The highest BCUT2D eigenvalue weighted by atomic mass is 32.2. The van der Waals surface area contributed by atoms with E-state index in [4.69, 9.17) is 4.74 Å². The molecule has 0 aliphatic carbocycles. The molecule has 0 bridgehead atoms. The summed E-state index contributed by atoms with van der Waals surface area (Å²) in [6, 6.07) is 8.76. The number of hydrogen-bond donors (Lipinski definition) is 1. The Morgan fingerprint density at radius 2 is 2.06 bits per heavy atom. The van der Waals surface area contributed by atoms with Gasteiger partial charge in [0.05, 0.1) is 7.11 Å². The number of benzene rings is 1. The van der Waals surface area contributed by atoms with Crippen LogP contribution in [-0.2, 0) is 0 Å². The molecule has 0 heterocycles. The van der Waals surface area contributed by atoms with Crippen LogP contribution in [0.15, 0.2) is 29.2 Å². The third-order valence-corrected chi connectivity index (χ3v) is 3.29. The summed E-state index contributed by atoms with van der Waals surface area (Å²) in [6.07, 6.45) is 0. The maximum Gasteiger partial charge on any atom is 0.119 e. The Kier molecular flexibility index (Phi) is 5.71. The Hall–Kier alpha value is -0.670. The van der Waals surface area contributed by atoms with Crippen molar-refractivity contribution in [2.24, 2.45) is 0 Å². The molecule has 1 aromatic rings. The van der Waals surface area contributed by atoms with Gasteiger partial charge in [0.15, 0.2) is 0 Å². The van der Waals surface area contributed by atoms with Crippen LogP contribution in [0.4, 0.5) is 0 Å². The average Bonchev–Trinajstić information content (AvgIpc) is 2.26. The second kappa shape index (κ2) is 6.81. The van der Waals surface area contributed by atoms with Crippen molar-refractivity contribution in [2.75, 3.05) is 13.7 Å². The van der Waals surface area contributed by atoms with Gasteiger partial charge in [-0.05, 0) is 18.2 Å². The second-order valence-electron chi connectivity index (χ2n) is 4.17. The summed E-state index contributed by atoms with van der Waals surface area (Å²) in [5.41, 5.74) is 0. The third-order valence-electron chi connectivity index (χ3n) is 2.19. The van der Waals surface area contributed by atoms with Crippen LogP contribution in [0.3, 0.4) is 0 Å². The fourth-order valence-corrected chi connectivity index (χ4v) is 2.34. The van der Waals surface area contributed by atoms with Crippen LogP contribution in [0.5, 0.6) is 5.75 Å². The smallest absolute Gasteiger partial charge is 0.119 e. The van der Waals surface area contributed by atoms with Gasteiger partial charge in [-0.1, -0.05) is 26.8 Å². The lowest BCUT2D eigenvalue weighted by Crippen LogP contribution is -2.28. The molecule has 2 nitrogen and oxygen atoms in total. The van der Waals surface area contributed by atoms with E-state index < -0.39 is 0 Å². The van der Waals surface area contributed by atoms with Crippen LogP contribution in [0.2, 0.25) is 0 Å². The van der Waals surface area contributed by atoms with E-state index in [0.29, 0.717) is 11.3 Å². The monoisotopic (exact) mass is 239 g/mol. The molecule has 16 heavy (non-hydrogen) atoms. The van der Waals surface area contributed by atoms with E-state index in [2.05, 4.69) is 38.2 Å².